The summed E-state index contributed by atoms with van der Waals surface area (Å²) in [7, 11) is 0. The maximum atomic E-state index is 13.0. The quantitative estimate of drug-likeness (QED) is 0.408. The van der Waals surface area contributed by atoms with Crippen molar-refractivity contribution in [2.75, 3.05) is 5.32 Å². The average molecular weight is 495 g/mol. The Morgan fingerprint density at radius 1 is 1.17 bits per heavy atom. The maximum Gasteiger partial charge on any atom is 0.266 e. The number of anilines is 1. The molecule has 0 fully saturated rings. The summed E-state index contributed by atoms with van der Waals surface area (Å²) in [4.78, 5) is 13.2. The van der Waals surface area contributed by atoms with Crippen LogP contribution >= 0.6 is 38.9 Å². The zero-order valence-electron chi connectivity index (χ0n) is 14.8. The molecule has 0 aliphatic carbocycles. The van der Waals surface area contributed by atoms with E-state index in [4.69, 9.17) is 11.6 Å². The van der Waals surface area contributed by atoms with E-state index in [1.54, 1.807) is 40.1 Å². The first-order chi connectivity index (χ1) is 14.0. The molecule has 0 saturated carbocycles. The van der Waals surface area contributed by atoms with E-state index in [1.807, 2.05) is 11.4 Å². The second-order valence-corrected chi connectivity index (χ2v) is 8.48. The van der Waals surface area contributed by atoms with Crippen LogP contribution in [-0.2, 0) is 13.1 Å². The highest BCUT2D eigenvalue weighted by molar-refractivity contribution is 9.10. The summed E-state index contributed by atoms with van der Waals surface area (Å²) >= 11 is 10.6. The van der Waals surface area contributed by atoms with Gasteiger partial charge in [0.25, 0.3) is 5.91 Å². The lowest BCUT2D eigenvalue weighted by Gasteiger charge is -2.02. The molecule has 4 aromatic rings. The Balaban J connectivity index is 1.42. The predicted molar refractivity (Wildman–Crippen MR) is 114 cm³/mol. The van der Waals surface area contributed by atoms with Crippen LogP contribution in [0.2, 0.25) is 5.02 Å². The number of carbonyl (C=O) groups is 1. The summed E-state index contributed by atoms with van der Waals surface area (Å²) in [6.45, 7) is 0.997. The van der Waals surface area contributed by atoms with E-state index < -0.39 is 0 Å². The van der Waals surface area contributed by atoms with Crippen LogP contribution in [0.15, 0.2) is 58.8 Å². The minimum Gasteiger partial charge on any atom is -0.303 e. The number of amides is 1. The number of carbonyl (C=O) groups excluding carboxylic acids is 1. The monoisotopic (exact) mass is 493 g/mol. The molecule has 0 aliphatic rings. The number of halogens is 3. The van der Waals surface area contributed by atoms with Crippen LogP contribution in [0.3, 0.4) is 0 Å². The van der Waals surface area contributed by atoms with Crippen molar-refractivity contribution in [3.05, 3.63) is 85.6 Å². The molecule has 3 aromatic heterocycles. The van der Waals surface area contributed by atoms with Crippen molar-refractivity contribution in [1.82, 2.24) is 19.6 Å². The minimum absolute atomic E-state index is 0.243. The van der Waals surface area contributed by atoms with Crippen LogP contribution in [0.1, 0.15) is 20.8 Å². The van der Waals surface area contributed by atoms with Crippen molar-refractivity contribution in [2.24, 2.45) is 0 Å². The van der Waals surface area contributed by atoms with Gasteiger partial charge in [0, 0.05) is 12.4 Å². The Labute approximate surface area is 183 Å². The fourth-order valence-electron chi connectivity index (χ4n) is 2.70. The van der Waals surface area contributed by atoms with Crippen molar-refractivity contribution in [2.45, 2.75) is 13.1 Å². The van der Waals surface area contributed by atoms with E-state index in [1.165, 1.54) is 23.5 Å². The van der Waals surface area contributed by atoms with Gasteiger partial charge in [0.1, 0.15) is 5.82 Å². The SMILES string of the molecule is O=C(Nc1nn(Cc2ccc(F)cc2)cc1Br)c1cc(Cn2cc(Cl)cn2)cs1. The van der Waals surface area contributed by atoms with Crippen LogP contribution in [0.25, 0.3) is 0 Å². The first-order valence-electron chi connectivity index (χ1n) is 8.50. The van der Waals surface area contributed by atoms with Crippen molar-refractivity contribution in [3.8, 4) is 0 Å². The van der Waals surface area contributed by atoms with Gasteiger partial charge < -0.3 is 5.32 Å². The molecule has 6 nitrogen and oxygen atoms in total. The topological polar surface area (TPSA) is 64.7 Å². The first-order valence-corrected chi connectivity index (χ1v) is 10.6. The van der Waals surface area contributed by atoms with Gasteiger partial charge in [-0.3, -0.25) is 14.2 Å². The van der Waals surface area contributed by atoms with Crippen molar-refractivity contribution < 1.29 is 9.18 Å². The highest BCUT2D eigenvalue weighted by atomic mass is 79.9. The van der Waals surface area contributed by atoms with E-state index in [9.17, 15) is 9.18 Å². The molecule has 0 saturated heterocycles. The summed E-state index contributed by atoms with van der Waals surface area (Å²) in [6.07, 6.45) is 5.06. The largest absolute Gasteiger partial charge is 0.303 e. The Morgan fingerprint density at radius 2 is 1.93 bits per heavy atom. The van der Waals surface area contributed by atoms with Crippen LogP contribution in [0.4, 0.5) is 10.2 Å². The second kappa shape index (κ2) is 8.48. The molecule has 0 spiro atoms. The van der Waals surface area contributed by atoms with Gasteiger partial charge in [-0.25, -0.2) is 4.39 Å². The molecule has 0 bridgehead atoms. The standard InChI is InChI=1S/C19H14BrClFN5OS/c20-16-10-27(7-12-1-3-15(22)4-2-12)25-18(16)24-19(28)17-5-13(11-29-17)8-26-9-14(21)6-23-26/h1-6,9-11H,7-8H2,(H,24,25,28). The smallest absolute Gasteiger partial charge is 0.266 e. The summed E-state index contributed by atoms with van der Waals surface area (Å²) < 4.78 is 17.1. The predicted octanol–water partition coefficient (Wildman–Crippen LogP) is 5.05. The molecule has 0 radical (unpaired) electrons. The molecule has 10 heteroatoms. The number of nitrogens with zero attached hydrogens (tertiary/aromatic N) is 4. The third-order valence-electron chi connectivity index (χ3n) is 4.03. The zero-order chi connectivity index (χ0) is 20.4. The molecule has 148 valence electrons. The normalized spacial score (nSPS) is 11.0. The van der Waals surface area contributed by atoms with Crippen molar-refractivity contribution in [1.29, 1.82) is 0 Å². The summed E-state index contributed by atoms with van der Waals surface area (Å²) in [5, 5.41) is 13.8. The third kappa shape index (κ3) is 4.92. The average Bonchev–Trinajstić information content (AvgIpc) is 3.39. The lowest BCUT2D eigenvalue weighted by molar-refractivity contribution is 0.103. The molecule has 0 atom stereocenters. The van der Waals surface area contributed by atoms with E-state index in [2.05, 4.69) is 31.4 Å². The van der Waals surface area contributed by atoms with Gasteiger partial charge >= 0.3 is 0 Å². The van der Waals surface area contributed by atoms with Crippen LogP contribution < -0.4 is 5.32 Å². The number of benzene rings is 1. The van der Waals surface area contributed by atoms with Gasteiger partial charge in [-0.1, -0.05) is 23.7 Å². The molecule has 0 unspecified atom stereocenters. The molecule has 1 amide bonds. The number of rotatable bonds is 6. The van der Waals surface area contributed by atoms with Gasteiger partial charge in [0.15, 0.2) is 5.82 Å². The van der Waals surface area contributed by atoms with E-state index in [0.717, 1.165) is 11.1 Å². The van der Waals surface area contributed by atoms with Gasteiger partial charge in [0.2, 0.25) is 0 Å². The number of thiophene rings is 1. The van der Waals surface area contributed by atoms with Crippen LogP contribution in [0.5, 0.6) is 0 Å². The molecular formula is C19H14BrClFN5OS. The highest BCUT2D eigenvalue weighted by Crippen LogP contribution is 2.23. The summed E-state index contributed by atoms with van der Waals surface area (Å²) in [6, 6.07) is 8.02. The Hall–Kier alpha value is -2.49. The molecule has 1 aromatic carbocycles. The Bertz CT molecular complexity index is 1150. The van der Waals surface area contributed by atoms with E-state index >= 15 is 0 Å². The Morgan fingerprint density at radius 3 is 2.66 bits per heavy atom. The highest BCUT2D eigenvalue weighted by Gasteiger charge is 2.14. The van der Waals surface area contributed by atoms with Gasteiger partial charge in [-0.2, -0.15) is 10.2 Å². The van der Waals surface area contributed by atoms with Gasteiger partial charge in [-0.05, 0) is 50.6 Å². The number of aromatic nitrogens is 4. The zero-order valence-corrected chi connectivity index (χ0v) is 18.0. The summed E-state index contributed by atoms with van der Waals surface area (Å²) in [5.41, 5.74) is 1.86. The minimum atomic E-state index is -0.283. The summed E-state index contributed by atoms with van der Waals surface area (Å²) in [5.74, 6) is -0.104. The fraction of sp³-hybridized carbons (Fsp3) is 0.105. The third-order valence-corrected chi connectivity index (χ3v) is 5.78. The Kier molecular flexibility index (Phi) is 5.79. The molecule has 29 heavy (non-hydrogen) atoms. The molecule has 3 heterocycles. The molecule has 4 rings (SSSR count). The fourth-order valence-corrected chi connectivity index (χ4v) is 4.07. The van der Waals surface area contributed by atoms with Gasteiger partial charge in [-0.15, -0.1) is 11.3 Å². The molecular weight excluding hydrogens is 481 g/mol. The van der Waals surface area contributed by atoms with E-state index in [-0.39, 0.29) is 11.7 Å². The van der Waals surface area contributed by atoms with E-state index in [0.29, 0.717) is 33.3 Å². The van der Waals surface area contributed by atoms with Crippen LogP contribution in [-0.4, -0.2) is 25.5 Å². The second-order valence-electron chi connectivity index (χ2n) is 6.28. The van der Waals surface area contributed by atoms with Crippen molar-refractivity contribution in [3.63, 3.8) is 0 Å². The van der Waals surface area contributed by atoms with Crippen molar-refractivity contribution >= 4 is 50.6 Å². The number of hydrogen-bond donors (Lipinski definition) is 1. The van der Waals surface area contributed by atoms with Crippen LogP contribution in [0, 0.1) is 5.82 Å². The molecule has 0 aliphatic heterocycles. The lowest BCUT2D eigenvalue weighted by atomic mass is 10.2. The van der Waals surface area contributed by atoms with Gasteiger partial charge in [0.05, 0.1) is 33.7 Å². The maximum absolute atomic E-state index is 13.0. The lowest BCUT2D eigenvalue weighted by Crippen LogP contribution is -2.12. The molecule has 1 N–H and O–H groups in total. The first kappa shape index (κ1) is 19.8. The number of hydrogen-bond acceptors (Lipinski definition) is 4. The number of nitrogens with one attached hydrogen (secondary N) is 1.